The van der Waals surface area contributed by atoms with Gasteiger partial charge in [-0.15, -0.1) is 0 Å². The van der Waals surface area contributed by atoms with E-state index in [0.717, 1.165) is 32.4 Å². The Bertz CT molecular complexity index is 922. The first kappa shape index (κ1) is 22.7. The number of carbonyl (C=O) groups excluding carboxylic acids is 2. The number of hydrogen-bond donors (Lipinski definition) is 2. The summed E-state index contributed by atoms with van der Waals surface area (Å²) < 4.78 is 5.72. The van der Waals surface area contributed by atoms with E-state index < -0.39 is 0 Å². The van der Waals surface area contributed by atoms with Crippen molar-refractivity contribution in [3.63, 3.8) is 0 Å². The number of benzene rings is 2. The van der Waals surface area contributed by atoms with Crippen LogP contribution in [0.15, 0.2) is 48.5 Å². The van der Waals surface area contributed by atoms with Gasteiger partial charge in [0.05, 0.1) is 6.61 Å². The van der Waals surface area contributed by atoms with Gasteiger partial charge < -0.3 is 15.0 Å². The van der Waals surface area contributed by atoms with Crippen LogP contribution in [0.4, 0.5) is 5.69 Å². The molecule has 1 fully saturated rings. The Balaban J connectivity index is 1.52. The van der Waals surface area contributed by atoms with Crippen LogP contribution in [0.25, 0.3) is 0 Å². The minimum Gasteiger partial charge on any atom is -0.494 e. The Morgan fingerprint density at radius 3 is 2.45 bits per heavy atom. The van der Waals surface area contributed by atoms with E-state index in [0.29, 0.717) is 35.1 Å². The fourth-order valence-electron chi connectivity index (χ4n) is 3.28. The first-order chi connectivity index (χ1) is 14.9. The number of ether oxygens (including phenoxy) is 1. The Morgan fingerprint density at radius 1 is 1.06 bits per heavy atom. The molecule has 3 rings (SSSR count). The van der Waals surface area contributed by atoms with Crippen molar-refractivity contribution in [2.45, 2.75) is 33.1 Å². The molecule has 0 aromatic heterocycles. The fourth-order valence-corrected chi connectivity index (χ4v) is 3.49. The zero-order valence-corrected chi connectivity index (χ0v) is 18.8. The summed E-state index contributed by atoms with van der Waals surface area (Å²) in [6, 6.07) is 14.1. The summed E-state index contributed by atoms with van der Waals surface area (Å²) in [6.07, 6.45) is 3.07. The highest BCUT2D eigenvalue weighted by atomic mass is 32.1. The molecular formula is C24H29N3O3S. The highest BCUT2D eigenvalue weighted by Crippen LogP contribution is 2.16. The van der Waals surface area contributed by atoms with Crippen LogP contribution in [0.1, 0.15) is 53.8 Å². The van der Waals surface area contributed by atoms with Crippen LogP contribution in [0, 0.1) is 5.92 Å². The second-order valence-corrected chi connectivity index (χ2v) is 8.45. The zero-order valence-electron chi connectivity index (χ0n) is 18.0. The number of nitrogens with zero attached hydrogens (tertiary/aromatic N) is 1. The van der Waals surface area contributed by atoms with E-state index in [9.17, 15) is 9.59 Å². The molecule has 0 spiro atoms. The second kappa shape index (κ2) is 10.9. The smallest absolute Gasteiger partial charge is 0.257 e. The van der Waals surface area contributed by atoms with Crippen molar-refractivity contribution in [1.29, 1.82) is 0 Å². The van der Waals surface area contributed by atoms with E-state index in [2.05, 4.69) is 24.5 Å². The van der Waals surface area contributed by atoms with Crippen molar-refractivity contribution in [1.82, 2.24) is 10.2 Å². The van der Waals surface area contributed by atoms with Gasteiger partial charge in [0.2, 0.25) is 0 Å². The first-order valence-electron chi connectivity index (χ1n) is 10.7. The van der Waals surface area contributed by atoms with E-state index in [1.54, 1.807) is 42.5 Å². The highest BCUT2D eigenvalue weighted by molar-refractivity contribution is 7.80. The molecule has 7 heteroatoms. The molecule has 1 heterocycles. The molecule has 1 saturated heterocycles. The highest BCUT2D eigenvalue weighted by Gasteiger charge is 2.19. The number of amides is 2. The topological polar surface area (TPSA) is 70.7 Å². The maximum absolute atomic E-state index is 12.5. The van der Waals surface area contributed by atoms with Crippen LogP contribution in [0.3, 0.4) is 0 Å². The number of thiocarbonyl (C=S) groups is 1. The van der Waals surface area contributed by atoms with Crippen molar-refractivity contribution in [3.05, 3.63) is 59.7 Å². The molecule has 2 N–H and O–H groups in total. The van der Waals surface area contributed by atoms with Gasteiger partial charge in [-0.1, -0.05) is 19.9 Å². The van der Waals surface area contributed by atoms with Crippen LogP contribution in [-0.2, 0) is 0 Å². The number of hydrogen-bond acceptors (Lipinski definition) is 4. The quantitative estimate of drug-likeness (QED) is 0.623. The van der Waals surface area contributed by atoms with E-state index in [-0.39, 0.29) is 16.9 Å². The SMILES string of the molecule is CC(C)CCOc1cccc(C(=O)NC(=S)Nc2ccc(C(=O)N3CCCC3)cc2)c1. The van der Waals surface area contributed by atoms with E-state index in [1.807, 2.05) is 11.0 Å². The van der Waals surface area contributed by atoms with Gasteiger partial charge in [-0.2, -0.15) is 0 Å². The van der Waals surface area contributed by atoms with Gasteiger partial charge in [-0.25, -0.2) is 0 Å². The monoisotopic (exact) mass is 439 g/mol. The minimum atomic E-state index is -0.312. The summed E-state index contributed by atoms with van der Waals surface area (Å²) in [4.78, 5) is 26.8. The van der Waals surface area contributed by atoms with Gasteiger partial charge in [0.1, 0.15) is 5.75 Å². The summed E-state index contributed by atoms with van der Waals surface area (Å²) in [7, 11) is 0. The average Bonchev–Trinajstić information content (AvgIpc) is 3.28. The van der Waals surface area contributed by atoms with E-state index in [1.165, 1.54) is 0 Å². The van der Waals surface area contributed by atoms with Gasteiger partial charge in [0.25, 0.3) is 11.8 Å². The third-order valence-corrected chi connectivity index (χ3v) is 5.27. The molecule has 0 unspecified atom stereocenters. The molecule has 0 saturated carbocycles. The predicted octanol–water partition coefficient (Wildman–Crippen LogP) is 4.47. The van der Waals surface area contributed by atoms with Crippen molar-refractivity contribution < 1.29 is 14.3 Å². The van der Waals surface area contributed by atoms with E-state index in [4.69, 9.17) is 17.0 Å². The molecule has 2 aromatic rings. The lowest BCUT2D eigenvalue weighted by atomic mass is 10.1. The largest absolute Gasteiger partial charge is 0.494 e. The molecule has 0 atom stereocenters. The Morgan fingerprint density at radius 2 is 1.77 bits per heavy atom. The minimum absolute atomic E-state index is 0.0513. The van der Waals surface area contributed by atoms with Crippen molar-refractivity contribution in [2.24, 2.45) is 5.92 Å². The first-order valence-corrected chi connectivity index (χ1v) is 11.1. The van der Waals surface area contributed by atoms with Crippen LogP contribution in [0.2, 0.25) is 0 Å². The van der Waals surface area contributed by atoms with Crippen molar-refractivity contribution in [2.75, 3.05) is 25.0 Å². The number of anilines is 1. The van der Waals surface area contributed by atoms with Crippen LogP contribution >= 0.6 is 12.2 Å². The van der Waals surface area contributed by atoms with Gasteiger partial charge in [-0.3, -0.25) is 14.9 Å². The molecule has 31 heavy (non-hydrogen) atoms. The van der Waals surface area contributed by atoms with Crippen molar-refractivity contribution in [3.8, 4) is 5.75 Å². The average molecular weight is 440 g/mol. The molecule has 1 aliphatic rings. The van der Waals surface area contributed by atoms with Gasteiger partial charge in [0, 0.05) is 29.9 Å². The predicted molar refractivity (Wildman–Crippen MR) is 127 cm³/mol. The lowest BCUT2D eigenvalue weighted by Crippen LogP contribution is -2.34. The van der Waals surface area contributed by atoms with Gasteiger partial charge >= 0.3 is 0 Å². The number of rotatable bonds is 7. The molecular weight excluding hydrogens is 410 g/mol. The summed E-state index contributed by atoms with van der Waals surface area (Å²) in [5, 5.41) is 5.85. The third kappa shape index (κ3) is 6.79. The lowest BCUT2D eigenvalue weighted by molar-refractivity contribution is 0.0792. The fraction of sp³-hybridized carbons (Fsp3) is 0.375. The maximum atomic E-state index is 12.5. The molecule has 2 aromatic carbocycles. The van der Waals surface area contributed by atoms with Crippen LogP contribution in [-0.4, -0.2) is 41.5 Å². The molecule has 6 nitrogen and oxygen atoms in total. The molecule has 0 aliphatic carbocycles. The van der Waals surface area contributed by atoms with Crippen LogP contribution < -0.4 is 15.4 Å². The summed E-state index contributed by atoms with van der Waals surface area (Å²) in [5.41, 5.74) is 1.82. The Hall–Kier alpha value is -2.93. The lowest BCUT2D eigenvalue weighted by Gasteiger charge is -2.15. The summed E-state index contributed by atoms with van der Waals surface area (Å²) >= 11 is 5.27. The standard InChI is InChI=1S/C24H29N3O3S/c1-17(2)12-15-30-21-7-5-6-19(16-21)22(28)26-24(31)25-20-10-8-18(9-11-20)23(29)27-13-3-4-14-27/h5-11,16-17H,3-4,12-15H2,1-2H3,(H2,25,26,28,31). The van der Waals surface area contributed by atoms with Gasteiger partial charge in [-0.05, 0) is 79.9 Å². The molecule has 2 amide bonds. The Kier molecular flexibility index (Phi) is 8.00. The summed E-state index contributed by atoms with van der Waals surface area (Å²) in [5.74, 6) is 0.954. The second-order valence-electron chi connectivity index (χ2n) is 8.04. The maximum Gasteiger partial charge on any atom is 0.257 e. The number of nitrogens with one attached hydrogen (secondary N) is 2. The Labute approximate surface area is 189 Å². The van der Waals surface area contributed by atoms with Crippen molar-refractivity contribution >= 4 is 34.8 Å². The summed E-state index contributed by atoms with van der Waals surface area (Å²) in [6.45, 7) is 6.52. The molecule has 164 valence electrons. The number of carbonyl (C=O) groups is 2. The number of likely N-dealkylation sites (tertiary alicyclic amines) is 1. The molecule has 0 radical (unpaired) electrons. The van der Waals surface area contributed by atoms with Crippen LogP contribution in [0.5, 0.6) is 5.75 Å². The normalized spacial score (nSPS) is 13.2. The molecule has 0 bridgehead atoms. The molecule has 1 aliphatic heterocycles. The third-order valence-electron chi connectivity index (χ3n) is 5.07. The van der Waals surface area contributed by atoms with E-state index >= 15 is 0 Å². The zero-order chi connectivity index (χ0) is 22.2. The van der Waals surface area contributed by atoms with Gasteiger partial charge in [0.15, 0.2) is 5.11 Å².